The second-order valence-electron chi connectivity index (χ2n) is 3.50. The highest BCUT2D eigenvalue weighted by atomic mass is 15.0. The van der Waals surface area contributed by atoms with Gasteiger partial charge in [-0.3, -0.25) is 0 Å². The smallest absolute Gasteiger partial charge is 0.0195 e. The summed E-state index contributed by atoms with van der Waals surface area (Å²) in [4.78, 5) is 0. The second kappa shape index (κ2) is 2.27. The van der Waals surface area contributed by atoms with Crippen molar-refractivity contribution in [1.29, 1.82) is 0 Å². The van der Waals surface area contributed by atoms with Crippen molar-refractivity contribution in [3.63, 3.8) is 0 Å². The molecule has 1 fully saturated rings. The highest BCUT2D eigenvalue weighted by Gasteiger charge is 2.28. The Morgan fingerprint density at radius 1 is 1.67 bits per heavy atom. The van der Waals surface area contributed by atoms with Crippen LogP contribution in [0.5, 0.6) is 0 Å². The molecule has 2 heteroatoms. The highest BCUT2D eigenvalue weighted by molar-refractivity contribution is 4.90. The predicted octanol–water partition coefficient (Wildman–Crippen LogP) is 0.476. The van der Waals surface area contributed by atoms with Crippen LogP contribution in [0.4, 0.5) is 0 Å². The lowest BCUT2D eigenvalue weighted by Gasteiger charge is -2.18. The van der Waals surface area contributed by atoms with Crippen molar-refractivity contribution in [3.05, 3.63) is 0 Å². The SMILES string of the molecule is CC1(C)CC[C@@H](CN)N1. The maximum atomic E-state index is 5.49. The number of rotatable bonds is 1. The van der Waals surface area contributed by atoms with Crippen LogP contribution in [0.2, 0.25) is 0 Å². The fraction of sp³-hybridized carbons (Fsp3) is 1.00. The Labute approximate surface area is 56.8 Å². The molecule has 1 atom stereocenters. The van der Waals surface area contributed by atoms with Crippen LogP contribution in [-0.2, 0) is 0 Å². The van der Waals surface area contributed by atoms with Crippen LogP contribution >= 0.6 is 0 Å². The first-order valence-electron chi connectivity index (χ1n) is 3.62. The van der Waals surface area contributed by atoms with Crippen molar-refractivity contribution in [3.8, 4) is 0 Å². The Bertz CT molecular complexity index is 99.1. The van der Waals surface area contributed by atoms with E-state index in [0.717, 1.165) is 6.54 Å². The lowest BCUT2D eigenvalue weighted by molar-refractivity contribution is 0.430. The lowest BCUT2D eigenvalue weighted by atomic mass is 10.0. The number of nitrogens with two attached hydrogens (primary N) is 1. The van der Waals surface area contributed by atoms with Gasteiger partial charge in [-0.05, 0) is 26.7 Å². The van der Waals surface area contributed by atoms with E-state index < -0.39 is 0 Å². The van der Waals surface area contributed by atoms with Crippen LogP contribution < -0.4 is 11.1 Å². The van der Waals surface area contributed by atoms with Crippen LogP contribution in [0.3, 0.4) is 0 Å². The van der Waals surface area contributed by atoms with Crippen molar-refractivity contribution in [2.75, 3.05) is 6.54 Å². The first-order valence-corrected chi connectivity index (χ1v) is 3.62. The minimum Gasteiger partial charge on any atom is -0.329 e. The maximum absolute atomic E-state index is 5.49. The monoisotopic (exact) mass is 128 g/mol. The summed E-state index contributed by atoms with van der Waals surface area (Å²) in [6, 6.07) is 0.569. The summed E-state index contributed by atoms with van der Waals surface area (Å²) in [5.41, 5.74) is 5.83. The number of nitrogens with one attached hydrogen (secondary N) is 1. The van der Waals surface area contributed by atoms with Gasteiger partial charge in [-0.1, -0.05) is 0 Å². The topological polar surface area (TPSA) is 38.0 Å². The zero-order valence-corrected chi connectivity index (χ0v) is 6.28. The largest absolute Gasteiger partial charge is 0.329 e. The molecular formula is C7H16N2. The van der Waals surface area contributed by atoms with Gasteiger partial charge in [0, 0.05) is 18.1 Å². The molecule has 54 valence electrons. The standard InChI is InChI=1S/C7H16N2/c1-7(2)4-3-6(5-8)9-7/h6,9H,3-5,8H2,1-2H3/t6-/m0/s1. The fourth-order valence-corrected chi connectivity index (χ4v) is 1.41. The van der Waals surface area contributed by atoms with Gasteiger partial charge in [-0.25, -0.2) is 0 Å². The van der Waals surface area contributed by atoms with Crippen LogP contribution in [-0.4, -0.2) is 18.1 Å². The normalized spacial score (nSPS) is 33.0. The van der Waals surface area contributed by atoms with E-state index in [9.17, 15) is 0 Å². The average Bonchev–Trinajstić information content (AvgIpc) is 2.10. The van der Waals surface area contributed by atoms with Gasteiger partial charge >= 0.3 is 0 Å². The third-order valence-corrected chi connectivity index (χ3v) is 2.00. The number of hydrogen-bond acceptors (Lipinski definition) is 2. The predicted molar refractivity (Wildman–Crippen MR) is 39.3 cm³/mol. The maximum Gasteiger partial charge on any atom is 0.0195 e. The van der Waals surface area contributed by atoms with Crippen molar-refractivity contribution >= 4 is 0 Å². The summed E-state index contributed by atoms with van der Waals surface area (Å²) in [6.45, 7) is 5.23. The molecule has 1 aliphatic heterocycles. The molecule has 0 unspecified atom stereocenters. The van der Waals surface area contributed by atoms with Gasteiger partial charge < -0.3 is 11.1 Å². The van der Waals surface area contributed by atoms with E-state index in [2.05, 4.69) is 19.2 Å². The first kappa shape index (κ1) is 7.03. The van der Waals surface area contributed by atoms with Gasteiger partial charge in [-0.2, -0.15) is 0 Å². The highest BCUT2D eigenvalue weighted by Crippen LogP contribution is 2.20. The van der Waals surface area contributed by atoms with E-state index in [4.69, 9.17) is 5.73 Å². The van der Waals surface area contributed by atoms with Gasteiger partial charge in [0.25, 0.3) is 0 Å². The molecule has 0 aromatic carbocycles. The molecule has 0 saturated carbocycles. The molecule has 3 N–H and O–H groups in total. The summed E-state index contributed by atoms with van der Waals surface area (Å²) < 4.78 is 0. The summed E-state index contributed by atoms with van der Waals surface area (Å²) in [5, 5.41) is 3.45. The minimum atomic E-state index is 0.337. The molecule has 0 bridgehead atoms. The van der Waals surface area contributed by atoms with Gasteiger partial charge in [-0.15, -0.1) is 0 Å². The van der Waals surface area contributed by atoms with Gasteiger partial charge in [0.15, 0.2) is 0 Å². The van der Waals surface area contributed by atoms with Gasteiger partial charge in [0.05, 0.1) is 0 Å². The molecular weight excluding hydrogens is 112 g/mol. The molecule has 0 aliphatic carbocycles. The number of hydrogen-bond donors (Lipinski definition) is 2. The third-order valence-electron chi connectivity index (χ3n) is 2.00. The van der Waals surface area contributed by atoms with E-state index in [1.165, 1.54) is 12.8 Å². The van der Waals surface area contributed by atoms with Crippen molar-refractivity contribution in [1.82, 2.24) is 5.32 Å². The fourth-order valence-electron chi connectivity index (χ4n) is 1.41. The van der Waals surface area contributed by atoms with Crippen molar-refractivity contribution in [2.45, 2.75) is 38.3 Å². The lowest BCUT2D eigenvalue weighted by Crippen LogP contribution is -2.40. The second-order valence-corrected chi connectivity index (χ2v) is 3.50. The van der Waals surface area contributed by atoms with Crippen molar-refractivity contribution < 1.29 is 0 Å². The molecule has 0 aromatic rings. The molecule has 9 heavy (non-hydrogen) atoms. The molecule has 0 spiro atoms. The summed E-state index contributed by atoms with van der Waals surface area (Å²) in [7, 11) is 0. The van der Waals surface area contributed by atoms with Crippen LogP contribution in [0.25, 0.3) is 0 Å². The molecule has 1 aliphatic rings. The Morgan fingerprint density at radius 3 is 2.56 bits per heavy atom. The van der Waals surface area contributed by atoms with Crippen LogP contribution in [0.15, 0.2) is 0 Å². The summed E-state index contributed by atoms with van der Waals surface area (Å²) in [6.07, 6.45) is 2.50. The van der Waals surface area contributed by atoms with Gasteiger partial charge in [0.2, 0.25) is 0 Å². The van der Waals surface area contributed by atoms with Crippen LogP contribution in [0, 0.1) is 0 Å². The summed E-state index contributed by atoms with van der Waals surface area (Å²) in [5.74, 6) is 0. The first-order chi connectivity index (χ1) is 4.14. The Balaban J connectivity index is 2.38. The zero-order chi connectivity index (χ0) is 6.91. The average molecular weight is 128 g/mol. The van der Waals surface area contributed by atoms with Crippen molar-refractivity contribution in [2.24, 2.45) is 5.73 Å². The minimum absolute atomic E-state index is 0.337. The van der Waals surface area contributed by atoms with E-state index in [1.54, 1.807) is 0 Å². The summed E-state index contributed by atoms with van der Waals surface area (Å²) >= 11 is 0. The molecule has 1 rings (SSSR count). The van der Waals surface area contributed by atoms with Gasteiger partial charge in [0.1, 0.15) is 0 Å². The Morgan fingerprint density at radius 2 is 2.33 bits per heavy atom. The molecule has 1 saturated heterocycles. The molecule has 1 heterocycles. The van der Waals surface area contributed by atoms with E-state index >= 15 is 0 Å². The van der Waals surface area contributed by atoms with E-state index in [-0.39, 0.29) is 0 Å². The molecule has 2 nitrogen and oxygen atoms in total. The quantitative estimate of drug-likeness (QED) is 0.539. The molecule has 0 radical (unpaired) electrons. The molecule has 0 amide bonds. The Kier molecular flexibility index (Phi) is 1.78. The van der Waals surface area contributed by atoms with E-state index in [0.29, 0.717) is 11.6 Å². The zero-order valence-electron chi connectivity index (χ0n) is 6.28. The third kappa shape index (κ3) is 1.66. The Hall–Kier alpha value is -0.0800. The van der Waals surface area contributed by atoms with E-state index in [1.807, 2.05) is 0 Å². The molecule has 0 aromatic heterocycles. The van der Waals surface area contributed by atoms with Crippen LogP contribution in [0.1, 0.15) is 26.7 Å².